The lowest BCUT2D eigenvalue weighted by Crippen LogP contribution is -2.45. The largest absolute Gasteiger partial charge is 0.356 e. The molecule has 8 heteroatoms. The van der Waals surface area contributed by atoms with Gasteiger partial charge in [0.2, 0.25) is 5.91 Å². The zero-order valence-electron chi connectivity index (χ0n) is 18.3. The minimum Gasteiger partial charge on any atom is -0.356 e. The molecule has 0 radical (unpaired) electrons. The number of aromatic nitrogens is 1. The van der Waals surface area contributed by atoms with Crippen LogP contribution in [0.25, 0.3) is 0 Å². The summed E-state index contributed by atoms with van der Waals surface area (Å²) in [5.74, 6) is -0.254. The van der Waals surface area contributed by atoms with E-state index in [1.54, 1.807) is 18.1 Å². The summed E-state index contributed by atoms with van der Waals surface area (Å²) < 4.78 is 0. The van der Waals surface area contributed by atoms with Gasteiger partial charge < -0.3 is 15.5 Å². The van der Waals surface area contributed by atoms with Crippen LogP contribution in [0.15, 0.2) is 59.9 Å². The topological polar surface area (TPSA) is 94.6 Å². The zero-order chi connectivity index (χ0) is 22.7. The highest BCUT2D eigenvalue weighted by molar-refractivity contribution is 6.01. The highest BCUT2D eigenvalue weighted by Crippen LogP contribution is 2.35. The monoisotopic (exact) mass is 433 g/mol. The van der Waals surface area contributed by atoms with Crippen molar-refractivity contribution < 1.29 is 14.4 Å². The van der Waals surface area contributed by atoms with Crippen molar-refractivity contribution in [2.45, 2.75) is 25.8 Å². The number of likely N-dealkylation sites (N-methyl/N-ethyl adjacent to an activating group) is 1. The first-order valence-corrected chi connectivity index (χ1v) is 10.7. The lowest BCUT2D eigenvalue weighted by molar-refractivity contribution is -0.127. The number of benzene rings is 1. The number of aryl methyl sites for hydroxylation is 1. The van der Waals surface area contributed by atoms with Crippen LogP contribution in [-0.2, 0) is 16.0 Å². The van der Waals surface area contributed by atoms with Gasteiger partial charge in [-0.15, -0.1) is 0 Å². The first-order valence-electron chi connectivity index (χ1n) is 10.7. The Morgan fingerprint density at radius 3 is 2.81 bits per heavy atom. The van der Waals surface area contributed by atoms with E-state index < -0.39 is 6.04 Å². The predicted octanol–water partition coefficient (Wildman–Crippen LogP) is 1.93. The number of carbonyl (C=O) groups is 3. The van der Waals surface area contributed by atoms with Crippen molar-refractivity contribution in [3.63, 3.8) is 0 Å². The molecule has 0 saturated heterocycles. The van der Waals surface area contributed by atoms with Gasteiger partial charge in [-0.25, -0.2) is 4.79 Å². The Bertz CT molecular complexity index is 1070. The van der Waals surface area contributed by atoms with Gasteiger partial charge in [-0.05, 0) is 24.6 Å². The number of pyridine rings is 1. The molecule has 2 aliphatic rings. The minimum absolute atomic E-state index is 0.114. The molecule has 166 valence electrons. The number of nitrogens with one attached hydrogen (secondary N) is 2. The van der Waals surface area contributed by atoms with Crippen molar-refractivity contribution in [2.75, 3.05) is 26.7 Å². The fraction of sp³-hybridized carbons (Fsp3) is 0.333. The highest BCUT2D eigenvalue weighted by Gasteiger charge is 2.42. The van der Waals surface area contributed by atoms with Gasteiger partial charge in [0.05, 0.1) is 23.9 Å². The third kappa shape index (κ3) is 4.49. The number of carbonyl (C=O) groups excluding carboxylic acids is 3. The number of nitrogens with zero attached hydrogens (tertiary/aromatic N) is 3. The van der Waals surface area contributed by atoms with E-state index in [-0.39, 0.29) is 24.3 Å². The van der Waals surface area contributed by atoms with E-state index in [0.29, 0.717) is 37.3 Å². The summed E-state index contributed by atoms with van der Waals surface area (Å²) in [4.78, 5) is 45.4. The van der Waals surface area contributed by atoms with Crippen LogP contribution in [0.1, 0.15) is 29.3 Å². The summed E-state index contributed by atoms with van der Waals surface area (Å²) in [5.41, 5.74) is 4.12. The van der Waals surface area contributed by atoms with Crippen molar-refractivity contribution in [1.29, 1.82) is 0 Å². The second-order valence-electron chi connectivity index (χ2n) is 8.11. The van der Waals surface area contributed by atoms with Crippen LogP contribution in [0.4, 0.5) is 4.79 Å². The lowest BCUT2D eigenvalue weighted by Gasteiger charge is -2.31. The summed E-state index contributed by atoms with van der Waals surface area (Å²) >= 11 is 0. The second-order valence-corrected chi connectivity index (χ2v) is 8.11. The van der Waals surface area contributed by atoms with Crippen molar-refractivity contribution in [2.24, 2.45) is 0 Å². The molecule has 3 heterocycles. The van der Waals surface area contributed by atoms with Gasteiger partial charge in [0.25, 0.3) is 5.91 Å². The Labute approximate surface area is 187 Å². The van der Waals surface area contributed by atoms with Crippen molar-refractivity contribution in [3.05, 3.63) is 76.8 Å². The first-order chi connectivity index (χ1) is 15.4. The molecule has 0 saturated carbocycles. The van der Waals surface area contributed by atoms with Gasteiger partial charge in [0.15, 0.2) is 0 Å². The van der Waals surface area contributed by atoms with Crippen LogP contribution in [-0.4, -0.2) is 59.3 Å². The molecule has 0 aliphatic carbocycles. The number of amides is 4. The van der Waals surface area contributed by atoms with Gasteiger partial charge in [-0.1, -0.05) is 35.9 Å². The Morgan fingerprint density at radius 1 is 1.22 bits per heavy atom. The number of hydrogen-bond donors (Lipinski definition) is 2. The smallest absolute Gasteiger partial charge is 0.322 e. The molecule has 1 aromatic heterocycles. The van der Waals surface area contributed by atoms with Crippen molar-refractivity contribution >= 4 is 17.8 Å². The Morgan fingerprint density at radius 2 is 2.06 bits per heavy atom. The summed E-state index contributed by atoms with van der Waals surface area (Å²) in [6.45, 7) is 3.09. The number of hydrogen-bond acceptors (Lipinski definition) is 4. The second kappa shape index (κ2) is 9.21. The summed E-state index contributed by atoms with van der Waals surface area (Å²) in [6.07, 6.45) is 2.59. The maximum absolute atomic E-state index is 13.2. The third-order valence-corrected chi connectivity index (χ3v) is 5.85. The van der Waals surface area contributed by atoms with Gasteiger partial charge in [-0.2, -0.15) is 0 Å². The predicted molar refractivity (Wildman–Crippen MR) is 119 cm³/mol. The molecule has 32 heavy (non-hydrogen) atoms. The molecular weight excluding hydrogens is 406 g/mol. The molecular formula is C24H27N5O3. The van der Waals surface area contributed by atoms with Gasteiger partial charge in [0, 0.05) is 44.9 Å². The molecule has 0 fully saturated rings. The van der Waals surface area contributed by atoms with E-state index in [1.165, 1.54) is 4.90 Å². The maximum atomic E-state index is 13.2. The summed E-state index contributed by atoms with van der Waals surface area (Å²) in [6, 6.07) is 12.8. The highest BCUT2D eigenvalue weighted by atomic mass is 16.2. The Hall–Kier alpha value is -3.68. The summed E-state index contributed by atoms with van der Waals surface area (Å²) in [7, 11) is 1.66. The van der Waals surface area contributed by atoms with Crippen LogP contribution in [0, 0.1) is 6.92 Å². The quantitative estimate of drug-likeness (QED) is 0.698. The zero-order valence-corrected chi connectivity index (χ0v) is 18.3. The van der Waals surface area contributed by atoms with E-state index >= 15 is 0 Å². The molecule has 0 bridgehead atoms. The first kappa shape index (κ1) is 21.5. The SMILES string of the molecule is Cc1cccc(C2NC(=O)N(C)C3=C2C(=O)N(CCC(=O)NCCc2ccccn2)C3)c1. The lowest BCUT2D eigenvalue weighted by atomic mass is 9.95. The van der Waals surface area contributed by atoms with Gasteiger partial charge >= 0.3 is 6.03 Å². The van der Waals surface area contributed by atoms with Crippen molar-refractivity contribution in [1.82, 2.24) is 25.4 Å². The Kier molecular flexibility index (Phi) is 6.20. The molecule has 4 amide bonds. The van der Waals surface area contributed by atoms with Gasteiger partial charge in [0.1, 0.15) is 0 Å². The minimum atomic E-state index is -0.488. The van der Waals surface area contributed by atoms with E-state index in [9.17, 15) is 14.4 Å². The van der Waals surface area contributed by atoms with E-state index in [0.717, 1.165) is 16.8 Å². The average molecular weight is 434 g/mol. The molecule has 8 nitrogen and oxygen atoms in total. The standard InChI is InChI=1S/C24H27N5O3/c1-16-6-5-7-17(14-16)22-21-19(28(2)24(32)27-22)15-29(23(21)31)13-10-20(30)26-12-9-18-8-3-4-11-25-18/h3-8,11,14,22H,9-10,12-13,15H2,1-2H3,(H,26,30)(H,27,32). The van der Waals surface area contributed by atoms with E-state index in [2.05, 4.69) is 15.6 Å². The number of rotatable bonds is 7. The molecule has 2 N–H and O–H groups in total. The molecule has 2 aliphatic heterocycles. The normalized spacial score (nSPS) is 18.0. The molecule has 1 atom stereocenters. The van der Waals surface area contributed by atoms with E-state index in [4.69, 9.17) is 0 Å². The van der Waals surface area contributed by atoms with Crippen LogP contribution in [0.2, 0.25) is 0 Å². The van der Waals surface area contributed by atoms with Crippen LogP contribution in [0.3, 0.4) is 0 Å². The summed E-state index contributed by atoms with van der Waals surface area (Å²) in [5, 5.41) is 5.82. The molecule has 1 unspecified atom stereocenters. The fourth-order valence-corrected chi connectivity index (χ4v) is 4.10. The molecule has 0 spiro atoms. The van der Waals surface area contributed by atoms with Crippen LogP contribution < -0.4 is 10.6 Å². The fourth-order valence-electron chi connectivity index (χ4n) is 4.10. The maximum Gasteiger partial charge on any atom is 0.322 e. The molecule has 4 rings (SSSR count). The van der Waals surface area contributed by atoms with Crippen LogP contribution in [0.5, 0.6) is 0 Å². The Balaban J connectivity index is 1.38. The third-order valence-electron chi connectivity index (χ3n) is 5.85. The van der Waals surface area contributed by atoms with Gasteiger partial charge in [-0.3, -0.25) is 19.5 Å². The van der Waals surface area contributed by atoms with Crippen LogP contribution >= 0.6 is 0 Å². The van der Waals surface area contributed by atoms with Crippen molar-refractivity contribution in [3.8, 4) is 0 Å². The average Bonchev–Trinajstić information content (AvgIpc) is 3.12. The molecule has 1 aromatic carbocycles. The van der Waals surface area contributed by atoms with E-state index in [1.807, 2.05) is 49.4 Å². The number of urea groups is 1. The molecule has 2 aromatic rings.